The van der Waals surface area contributed by atoms with E-state index in [1.165, 1.54) is 6.07 Å². The lowest BCUT2D eigenvalue weighted by molar-refractivity contribution is 0.596. The highest BCUT2D eigenvalue weighted by Crippen LogP contribution is 2.28. The fourth-order valence-corrected chi connectivity index (χ4v) is 2.67. The molecular weight excluding hydrogens is 253 g/mol. The molecule has 3 rings (SSSR count). The first-order valence-corrected chi connectivity index (χ1v) is 6.52. The molecule has 1 atom stereocenters. The van der Waals surface area contributed by atoms with Crippen molar-refractivity contribution < 1.29 is 4.39 Å². The first-order chi connectivity index (χ1) is 9.58. The fraction of sp³-hybridized carbons (Fsp3) is 0.188. The highest BCUT2D eigenvalue weighted by Gasteiger charge is 2.19. The number of aromatic nitrogens is 2. The predicted octanol–water partition coefficient (Wildman–Crippen LogP) is 3.14. The zero-order chi connectivity index (χ0) is 14.3. The molecule has 1 aromatic carbocycles. The van der Waals surface area contributed by atoms with E-state index < -0.39 is 6.04 Å². The quantitative estimate of drug-likeness (QED) is 0.776. The molecule has 20 heavy (non-hydrogen) atoms. The average molecular weight is 269 g/mol. The van der Waals surface area contributed by atoms with E-state index in [9.17, 15) is 4.39 Å². The lowest BCUT2D eigenvalue weighted by Gasteiger charge is -2.15. The highest BCUT2D eigenvalue weighted by atomic mass is 19.1. The van der Waals surface area contributed by atoms with E-state index in [0.29, 0.717) is 5.56 Å². The molecule has 0 radical (unpaired) electrons. The SMILES string of the molecule is Cc1cc(C)c(C(N)c2cnn3ccccc23)c(F)c1. The van der Waals surface area contributed by atoms with Crippen LogP contribution in [0.5, 0.6) is 0 Å². The van der Waals surface area contributed by atoms with Crippen LogP contribution < -0.4 is 5.73 Å². The molecule has 102 valence electrons. The van der Waals surface area contributed by atoms with Crippen LogP contribution >= 0.6 is 0 Å². The summed E-state index contributed by atoms with van der Waals surface area (Å²) in [5.74, 6) is -0.259. The summed E-state index contributed by atoms with van der Waals surface area (Å²) in [6, 6.07) is 8.70. The summed E-state index contributed by atoms with van der Waals surface area (Å²) in [5, 5.41) is 4.26. The summed E-state index contributed by atoms with van der Waals surface area (Å²) >= 11 is 0. The van der Waals surface area contributed by atoms with Crippen molar-refractivity contribution >= 4 is 5.52 Å². The maximum Gasteiger partial charge on any atom is 0.128 e. The van der Waals surface area contributed by atoms with Crippen molar-refractivity contribution in [2.24, 2.45) is 5.73 Å². The van der Waals surface area contributed by atoms with Crippen molar-refractivity contribution in [1.82, 2.24) is 9.61 Å². The van der Waals surface area contributed by atoms with Gasteiger partial charge in [-0.15, -0.1) is 0 Å². The molecule has 0 bridgehead atoms. The third-order valence-corrected chi connectivity index (χ3v) is 3.58. The van der Waals surface area contributed by atoms with E-state index >= 15 is 0 Å². The molecule has 1 unspecified atom stereocenters. The van der Waals surface area contributed by atoms with Crippen LogP contribution in [0.15, 0.2) is 42.7 Å². The van der Waals surface area contributed by atoms with Crippen LogP contribution in [0.2, 0.25) is 0 Å². The first-order valence-electron chi connectivity index (χ1n) is 6.52. The summed E-state index contributed by atoms with van der Waals surface area (Å²) in [7, 11) is 0. The molecule has 2 aromatic heterocycles. The third kappa shape index (κ3) is 1.98. The van der Waals surface area contributed by atoms with Crippen LogP contribution in [0.1, 0.15) is 28.3 Å². The monoisotopic (exact) mass is 269 g/mol. The molecule has 0 saturated heterocycles. The van der Waals surface area contributed by atoms with Crippen LogP contribution in [-0.4, -0.2) is 9.61 Å². The number of rotatable bonds is 2. The number of fused-ring (bicyclic) bond motifs is 1. The van der Waals surface area contributed by atoms with Crippen molar-refractivity contribution in [3.8, 4) is 0 Å². The topological polar surface area (TPSA) is 43.3 Å². The molecule has 0 fully saturated rings. The van der Waals surface area contributed by atoms with Crippen molar-refractivity contribution in [2.45, 2.75) is 19.9 Å². The van der Waals surface area contributed by atoms with Gasteiger partial charge in [-0.3, -0.25) is 0 Å². The standard InChI is InChI=1S/C16H16FN3/c1-10-7-11(2)15(13(17)8-10)16(18)12-9-19-20-6-4-3-5-14(12)20/h3-9,16H,18H2,1-2H3. The van der Waals surface area contributed by atoms with Crippen LogP contribution in [0.25, 0.3) is 5.52 Å². The lowest BCUT2D eigenvalue weighted by atomic mass is 9.94. The average Bonchev–Trinajstić information content (AvgIpc) is 2.81. The minimum absolute atomic E-state index is 0.259. The van der Waals surface area contributed by atoms with E-state index in [2.05, 4.69) is 5.10 Å². The Kier molecular flexibility index (Phi) is 3.03. The first kappa shape index (κ1) is 12.8. The Morgan fingerprint density at radius 2 is 2.05 bits per heavy atom. The highest BCUT2D eigenvalue weighted by molar-refractivity contribution is 5.57. The molecule has 2 N–H and O–H groups in total. The Balaban J connectivity index is 2.16. The van der Waals surface area contributed by atoms with Crippen molar-refractivity contribution in [3.63, 3.8) is 0 Å². The van der Waals surface area contributed by atoms with E-state index in [1.54, 1.807) is 10.7 Å². The Morgan fingerprint density at radius 1 is 1.25 bits per heavy atom. The van der Waals surface area contributed by atoms with Crippen molar-refractivity contribution in [3.05, 3.63) is 70.8 Å². The van der Waals surface area contributed by atoms with Crippen molar-refractivity contribution in [1.29, 1.82) is 0 Å². The van der Waals surface area contributed by atoms with Crippen LogP contribution in [0, 0.1) is 19.7 Å². The number of halogens is 1. The number of hydrogen-bond donors (Lipinski definition) is 1. The zero-order valence-corrected chi connectivity index (χ0v) is 11.5. The minimum Gasteiger partial charge on any atom is -0.320 e. The van der Waals surface area contributed by atoms with Gasteiger partial charge in [-0.2, -0.15) is 5.10 Å². The van der Waals surface area contributed by atoms with Gasteiger partial charge in [-0.05, 0) is 43.2 Å². The van der Waals surface area contributed by atoms with Gasteiger partial charge in [-0.1, -0.05) is 12.1 Å². The number of pyridine rings is 1. The molecular formula is C16H16FN3. The second kappa shape index (κ2) is 4.72. The van der Waals surface area contributed by atoms with Gasteiger partial charge in [0.05, 0.1) is 17.8 Å². The third-order valence-electron chi connectivity index (χ3n) is 3.58. The van der Waals surface area contributed by atoms with Gasteiger partial charge in [-0.25, -0.2) is 8.91 Å². The summed E-state index contributed by atoms with van der Waals surface area (Å²) in [6.45, 7) is 3.76. The smallest absolute Gasteiger partial charge is 0.128 e. The second-order valence-electron chi connectivity index (χ2n) is 5.09. The van der Waals surface area contributed by atoms with E-state index in [0.717, 1.165) is 22.2 Å². The maximum atomic E-state index is 14.2. The molecule has 2 heterocycles. The normalized spacial score (nSPS) is 12.8. The summed E-state index contributed by atoms with van der Waals surface area (Å²) < 4.78 is 16.0. The Bertz CT molecular complexity index is 753. The van der Waals surface area contributed by atoms with Crippen LogP contribution in [-0.2, 0) is 0 Å². The Morgan fingerprint density at radius 3 is 2.80 bits per heavy atom. The number of nitrogens with zero attached hydrogens (tertiary/aromatic N) is 2. The molecule has 3 aromatic rings. The summed E-state index contributed by atoms with van der Waals surface area (Å²) in [5.41, 5.74) is 10.3. The van der Waals surface area contributed by atoms with Crippen LogP contribution in [0.3, 0.4) is 0 Å². The van der Waals surface area contributed by atoms with Gasteiger partial charge in [0.25, 0.3) is 0 Å². The van der Waals surface area contributed by atoms with Crippen LogP contribution in [0.4, 0.5) is 4.39 Å². The molecule has 0 aliphatic rings. The van der Waals surface area contributed by atoms with Gasteiger partial charge >= 0.3 is 0 Å². The number of benzene rings is 1. The predicted molar refractivity (Wildman–Crippen MR) is 77.1 cm³/mol. The van der Waals surface area contributed by atoms with Crippen molar-refractivity contribution in [2.75, 3.05) is 0 Å². The molecule has 3 nitrogen and oxygen atoms in total. The fourth-order valence-electron chi connectivity index (χ4n) is 2.67. The largest absolute Gasteiger partial charge is 0.320 e. The molecule has 0 saturated carbocycles. The lowest BCUT2D eigenvalue weighted by Crippen LogP contribution is -2.15. The Hall–Kier alpha value is -2.20. The number of aryl methyl sites for hydroxylation is 2. The zero-order valence-electron chi connectivity index (χ0n) is 11.5. The van der Waals surface area contributed by atoms with E-state index in [1.807, 2.05) is 44.3 Å². The van der Waals surface area contributed by atoms with Gasteiger partial charge in [0.2, 0.25) is 0 Å². The molecule has 0 spiro atoms. The van der Waals surface area contributed by atoms with Gasteiger partial charge in [0.1, 0.15) is 5.82 Å². The van der Waals surface area contributed by atoms with E-state index in [-0.39, 0.29) is 5.82 Å². The maximum absolute atomic E-state index is 14.2. The second-order valence-corrected chi connectivity index (χ2v) is 5.09. The Labute approximate surface area is 116 Å². The molecule has 0 aliphatic heterocycles. The molecule has 0 aliphatic carbocycles. The number of hydrogen-bond acceptors (Lipinski definition) is 2. The summed E-state index contributed by atoms with van der Waals surface area (Å²) in [6.07, 6.45) is 3.56. The van der Waals surface area contributed by atoms with E-state index in [4.69, 9.17) is 5.73 Å². The van der Waals surface area contributed by atoms with Gasteiger partial charge in [0.15, 0.2) is 0 Å². The van der Waals surface area contributed by atoms with Gasteiger partial charge < -0.3 is 5.73 Å². The minimum atomic E-state index is -0.518. The summed E-state index contributed by atoms with van der Waals surface area (Å²) in [4.78, 5) is 0. The molecule has 0 amide bonds. The van der Waals surface area contributed by atoms with Gasteiger partial charge in [0, 0.05) is 17.3 Å². The molecule has 4 heteroatoms. The number of nitrogens with two attached hydrogens (primary N) is 1.